The minimum atomic E-state index is -1.87. The molecule has 0 aliphatic heterocycles. The molecule has 0 N–H and O–H groups in total. The first-order valence-electron chi connectivity index (χ1n) is 29.3. The Morgan fingerprint density at radius 1 is 0.466 bits per heavy atom. The average Bonchev–Trinajstić information content (AvgIpc) is 4.02. The number of benzene rings is 6. The molecule has 0 saturated heterocycles. The predicted molar refractivity (Wildman–Crippen MR) is 332 cm³/mol. The van der Waals surface area contributed by atoms with E-state index in [1.807, 2.05) is 0 Å². The number of hydrogen-bond acceptors (Lipinski definition) is 3. The van der Waals surface area contributed by atoms with E-state index in [2.05, 4.69) is 174 Å². The predicted octanol–water partition coefficient (Wildman–Crippen LogP) is 20.0. The van der Waals surface area contributed by atoms with Crippen molar-refractivity contribution in [3.05, 3.63) is 127 Å². The lowest BCUT2D eigenvalue weighted by atomic mass is 9.95. The zero-order valence-electron chi connectivity index (χ0n) is 45.7. The Bertz CT molecular complexity index is 2960. The SMILES string of the molecule is CCCC[Si](CCCC)(CCCC)c1ccc(P(Pc2ccc([Si](CCCC)(CCCC)CCCC)cc2-c2cccc3c2oc2ccccc23)N(c2cccc3c2oc2ccccc23)C2CCCCC2)cc1. The highest BCUT2D eigenvalue weighted by molar-refractivity contribution is 8.28. The molecular formula is C66H87NO2P2Si2. The first-order chi connectivity index (χ1) is 35.9. The molecule has 2 heterocycles. The molecule has 9 rings (SSSR count). The van der Waals surface area contributed by atoms with Crippen molar-refractivity contribution >= 4 is 103 Å². The van der Waals surface area contributed by atoms with Gasteiger partial charge >= 0.3 is 0 Å². The maximum absolute atomic E-state index is 7.06. The Morgan fingerprint density at radius 3 is 1.48 bits per heavy atom. The molecule has 1 saturated carbocycles. The van der Waals surface area contributed by atoms with E-state index in [-0.39, 0.29) is 0 Å². The Balaban J connectivity index is 1.29. The fourth-order valence-electron chi connectivity index (χ4n) is 12.9. The van der Waals surface area contributed by atoms with E-state index in [1.165, 1.54) is 194 Å². The molecular weight excluding hydrogens is 957 g/mol. The van der Waals surface area contributed by atoms with Crippen LogP contribution in [0.1, 0.15) is 151 Å². The van der Waals surface area contributed by atoms with Crippen LogP contribution in [0.25, 0.3) is 55.0 Å². The summed E-state index contributed by atoms with van der Waals surface area (Å²) in [5, 5.41) is 11.2. The van der Waals surface area contributed by atoms with E-state index in [0.717, 1.165) is 22.3 Å². The lowest BCUT2D eigenvalue weighted by Crippen LogP contribution is -2.48. The third-order valence-corrected chi connectivity index (χ3v) is 33.5. The van der Waals surface area contributed by atoms with Crippen molar-refractivity contribution in [3.8, 4) is 11.1 Å². The molecule has 7 heteroatoms. The van der Waals surface area contributed by atoms with Crippen LogP contribution in [0.15, 0.2) is 136 Å². The number of anilines is 1. The molecule has 3 nitrogen and oxygen atoms in total. The van der Waals surface area contributed by atoms with Crippen molar-refractivity contribution in [2.24, 2.45) is 0 Å². The molecule has 2 unspecified atom stereocenters. The molecule has 0 amide bonds. The van der Waals surface area contributed by atoms with Crippen LogP contribution in [0.2, 0.25) is 36.3 Å². The molecule has 0 radical (unpaired) electrons. The van der Waals surface area contributed by atoms with Gasteiger partial charge in [-0.15, -0.1) is 0 Å². The van der Waals surface area contributed by atoms with E-state index in [9.17, 15) is 0 Å². The molecule has 2 atom stereocenters. The number of fused-ring (bicyclic) bond motifs is 6. The second-order valence-electron chi connectivity index (χ2n) is 22.1. The number of hydrogen-bond donors (Lipinski definition) is 0. The normalized spacial score (nSPS) is 14.4. The standard InChI is InChI=1S/C66H87NO2P2Si2/c1-7-13-44-72(45-14-8-2,46-15-9-3)53-40-38-52(39-41-53)71(67(51-28-20-19-21-29-51)61-35-27-34-58-56-31-23-25-37-63(56)69-66(58)61)70-64-43-42-54(73(47-16-10-4,48-17-11-5)49-18-12-6)50-60(64)59-33-26-32-57-55-30-22-24-36-62(55)68-65(57)59/h22-27,30-43,50-51,70H,7-21,28-29,44-49H2,1-6H3. The molecule has 0 spiro atoms. The fraction of sp³-hybridized carbons (Fsp3) is 0.455. The van der Waals surface area contributed by atoms with Gasteiger partial charge in [0.05, 0.1) is 21.8 Å². The van der Waals surface area contributed by atoms with Crippen LogP contribution in [0, 0.1) is 0 Å². The Morgan fingerprint density at radius 2 is 0.932 bits per heavy atom. The lowest BCUT2D eigenvalue weighted by molar-refractivity contribution is 0.445. The van der Waals surface area contributed by atoms with Gasteiger partial charge in [0.2, 0.25) is 0 Å². The van der Waals surface area contributed by atoms with Gasteiger partial charge in [0.15, 0.2) is 5.58 Å². The zero-order chi connectivity index (χ0) is 50.6. The van der Waals surface area contributed by atoms with Crippen molar-refractivity contribution in [2.75, 3.05) is 4.67 Å². The molecule has 8 aromatic rings. The van der Waals surface area contributed by atoms with Gasteiger partial charge in [0, 0.05) is 46.2 Å². The summed E-state index contributed by atoms with van der Waals surface area (Å²) >= 11 is 0. The van der Waals surface area contributed by atoms with Crippen molar-refractivity contribution < 1.29 is 8.83 Å². The van der Waals surface area contributed by atoms with Crippen molar-refractivity contribution in [2.45, 2.75) is 193 Å². The summed E-state index contributed by atoms with van der Waals surface area (Å²) in [5.41, 5.74) is 7.99. The third kappa shape index (κ3) is 11.7. The minimum absolute atomic E-state index is 0.427. The van der Waals surface area contributed by atoms with Crippen LogP contribution in [0.5, 0.6) is 0 Å². The molecule has 73 heavy (non-hydrogen) atoms. The van der Waals surface area contributed by atoms with Crippen LogP contribution < -0.4 is 25.7 Å². The lowest BCUT2D eigenvalue weighted by Gasteiger charge is -2.42. The highest BCUT2D eigenvalue weighted by atomic mass is 32.1. The van der Waals surface area contributed by atoms with Gasteiger partial charge in [0.25, 0.3) is 0 Å². The number of para-hydroxylation sites is 4. The molecule has 386 valence electrons. The van der Waals surface area contributed by atoms with Gasteiger partial charge in [0.1, 0.15) is 16.7 Å². The quantitative estimate of drug-likeness (QED) is 0.0380. The Hall–Kier alpha value is -3.99. The van der Waals surface area contributed by atoms with Crippen LogP contribution in [0.4, 0.5) is 5.69 Å². The van der Waals surface area contributed by atoms with Crippen molar-refractivity contribution in [1.82, 2.24) is 0 Å². The van der Waals surface area contributed by atoms with Crippen LogP contribution in [0.3, 0.4) is 0 Å². The maximum atomic E-state index is 7.06. The molecule has 2 aromatic heterocycles. The summed E-state index contributed by atoms with van der Waals surface area (Å²) in [7, 11) is -3.95. The molecule has 1 aliphatic carbocycles. The first kappa shape index (κ1) is 53.8. The van der Waals surface area contributed by atoms with Gasteiger partial charge in [-0.05, 0) is 50.2 Å². The van der Waals surface area contributed by atoms with E-state index in [4.69, 9.17) is 8.83 Å². The molecule has 0 bridgehead atoms. The van der Waals surface area contributed by atoms with Gasteiger partial charge in [-0.1, -0.05) is 294 Å². The highest BCUT2D eigenvalue weighted by Crippen LogP contribution is 2.62. The first-order valence-corrected chi connectivity index (χ1v) is 37.7. The zero-order valence-corrected chi connectivity index (χ0v) is 49.6. The minimum Gasteiger partial charge on any atom is -0.455 e. The molecule has 1 aliphatic rings. The van der Waals surface area contributed by atoms with Gasteiger partial charge in [-0.25, -0.2) is 0 Å². The molecule has 6 aromatic carbocycles. The topological polar surface area (TPSA) is 29.5 Å². The maximum Gasteiger partial charge on any atom is 0.158 e. The second-order valence-corrected chi connectivity index (χ2v) is 35.6. The van der Waals surface area contributed by atoms with Gasteiger partial charge in [-0.3, -0.25) is 0 Å². The van der Waals surface area contributed by atoms with E-state index in [0.29, 0.717) is 14.3 Å². The Labute approximate surface area is 445 Å². The number of rotatable bonds is 27. The van der Waals surface area contributed by atoms with Crippen molar-refractivity contribution in [1.29, 1.82) is 0 Å². The van der Waals surface area contributed by atoms with Gasteiger partial charge in [-0.2, -0.15) is 0 Å². The van der Waals surface area contributed by atoms with Crippen molar-refractivity contribution in [3.63, 3.8) is 0 Å². The summed E-state index contributed by atoms with van der Waals surface area (Å²) in [5.74, 6) is 0. The summed E-state index contributed by atoms with van der Waals surface area (Å²) in [6.07, 6.45) is 21.9. The van der Waals surface area contributed by atoms with E-state index in [1.54, 1.807) is 10.4 Å². The molecule has 1 fully saturated rings. The van der Waals surface area contributed by atoms with E-state index < -0.39 is 23.9 Å². The summed E-state index contributed by atoms with van der Waals surface area (Å²) in [6.45, 7) is 14.4. The smallest absolute Gasteiger partial charge is 0.158 e. The highest BCUT2D eigenvalue weighted by Gasteiger charge is 2.38. The van der Waals surface area contributed by atoms with Gasteiger partial charge < -0.3 is 13.5 Å². The second kappa shape index (κ2) is 25.7. The number of furan rings is 2. The third-order valence-electron chi connectivity index (χ3n) is 17.1. The summed E-state index contributed by atoms with van der Waals surface area (Å²) < 4.78 is 17.1. The van der Waals surface area contributed by atoms with E-state index >= 15 is 0 Å². The average molecular weight is 1040 g/mol. The monoisotopic (exact) mass is 1040 g/mol. The summed E-state index contributed by atoms with van der Waals surface area (Å²) in [6, 6.07) is 59.0. The van der Waals surface area contributed by atoms with Crippen LogP contribution in [-0.2, 0) is 0 Å². The number of unbranched alkanes of at least 4 members (excludes halogenated alkanes) is 6. The fourth-order valence-corrected chi connectivity index (χ4v) is 29.9. The van der Waals surface area contributed by atoms with Crippen LogP contribution >= 0.6 is 16.0 Å². The Kier molecular flexibility index (Phi) is 19.0. The summed E-state index contributed by atoms with van der Waals surface area (Å²) in [4.78, 5) is 0. The van der Waals surface area contributed by atoms with Crippen LogP contribution in [-0.4, -0.2) is 22.2 Å². The largest absolute Gasteiger partial charge is 0.455 e. The number of nitrogens with zero attached hydrogens (tertiary/aromatic N) is 1.